The summed E-state index contributed by atoms with van der Waals surface area (Å²) >= 11 is 0. The molecule has 1 N–H and O–H groups in total. The van der Waals surface area contributed by atoms with Crippen molar-refractivity contribution >= 4 is 21.9 Å². The number of carbonyl (C=O) groups is 2. The molecule has 0 radical (unpaired) electrons. The minimum absolute atomic E-state index is 0.0142. The van der Waals surface area contributed by atoms with Gasteiger partial charge in [-0.1, -0.05) is 38.8 Å². The first-order valence-corrected chi connectivity index (χ1v) is 12.2. The smallest absolute Gasteiger partial charge is 0.306 e. The molecule has 1 heterocycles. The number of rotatable bonds is 9. The predicted octanol–water partition coefficient (Wildman–Crippen LogP) is 2.89. The second kappa shape index (κ2) is 11.5. The third-order valence-electron chi connectivity index (χ3n) is 5.50. The molecule has 2 rings (SSSR count). The first-order chi connectivity index (χ1) is 14.2. The summed E-state index contributed by atoms with van der Waals surface area (Å²) in [4.78, 5) is 24.0. The number of sulfonamides is 1. The molecule has 1 atom stereocenters. The number of nitrogens with zero attached hydrogens (tertiary/aromatic N) is 1. The van der Waals surface area contributed by atoms with Gasteiger partial charge in [-0.3, -0.25) is 9.59 Å². The van der Waals surface area contributed by atoms with Crippen molar-refractivity contribution in [3.05, 3.63) is 29.8 Å². The van der Waals surface area contributed by atoms with Gasteiger partial charge in [-0.25, -0.2) is 8.42 Å². The van der Waals surface area contributed by atoms with Crippen LogP contribution in [0.4, 0.5) is 0 Å². The van der Waals surface area contributed by atoms with Gasteiger partial charge in [0.2, 0.25) is 10.0 Å². The van der Waals surface area contributed by atoms with Crippen LogP contribution in [0.15, 0.2) is 29.2 Å². The largest absolute Gasteiger partial charge is 0.456 e. The molecule has 1 aromatic rings. The highest BCUT2D eigenvalue weighted by atomic mass is 32.2. The molecule has 168 valence electrons. The summed E-state index contributed by atoms with van der Waals surface area (Å²) in [5.41, 5.74) is 0.847. The number of ether oxygens (including phenoxy) is 1. The van der Waals surface area contributed by atoms with Crippen LogP contribution in [0.1, 0.15) is 58.4 Å². The summed E-state index contributed by atoms with van der Waals surface area (Å²) in [6, 6.07) is 6.67. The third kappa shape index (κ3) is 7.40. The lowest BCUT2D eigenvalue weighted by molar-refractivity contribution is -0.148. The number of aryl methyl sites for hydroxylation is 1. The molecular formula is C22H34N2O5S. The molecule has 8 heteroatoms. The fourth-order valence-electron chi connectivity index (χ4n) is 3.19. The van der Waals surface area contributed by atoms with E-state index in [0.29, 0.717) is 25.4 Å². The molecule has 0 aromatic heterocycles. The molecule has 7 nitrogen and oxygen atoms in total. The Labute approximate surface area is 180 Å². The highest BCUT2D eigenvalue weighted by molar-refractivity contribution is 7.89. The van der Waals surface area contributed by atoms with Crippen molar-refractivity contribution in [1.82, 2.24) is 9.62 Å². The van der Waals surface area contributed by atoms with Gasteiger partial charge >= 0.3 is 5.97 Å². The molecule has 1 aromatic carbocycles. The number of hydrogen-bond acceptors (Lipinski definition) is 5. The van der Waals surface area contributed by atoms with Crippen LogP contribution in [0.3, 0.4) is 0 Å². The number of esters is 1. The Balaban J connectivity index is 1.81. The predicted molar refractivity (Wildman–Crippen MR) is 115 cm³/mol. The maximum atomic E-state index is 12.8. The van der Waals surface area contributed by atoms with Gasteiger partial charge < -0.3 is 10.1 Å². The van der Waals surface area contributed by atoms with Gasteiger partial charge in [0.25, 0.3) is 5.91 Å². The Morgan fingerprint density at radius 3 is 2.20 bits per heavy atom. The Bertz CT molecular complexity index is 797. The van der Waals surface area contributed by atoms with Gasteiger partial charge in [0.15, 0.2) is 6.61 Å². The van der Waals surface area contributed by atoms with Crippen molar-refractivity contribution in [1.29, 1.82) is 0 Å². The normalized spacial score (nSPS) is 16.7. The molecule has 0 unspecified atom stereocenters. The molecule has 0 aliphatic carbocycles. The van der Waals surface area contributed by atoms with Crippen molar-refractivity contribution in [2.75, 3.05) is 19.7 Å². The summed E-state index contributed by atoms with van der Waals surface area (Å²) in [6.45, 7) is 6.76. The lowest BCUT2D eigenvalue weighted by Crippen LogP contribution is -2.38. The van der Waals surface area contributed by atoms with Crippen molar-refractivity contribution in [2.45, 2.75) is 70.2 Å². The van der Waals surface area contributed by atoms with Gasteiger partial charge in [-0.2, -0.15) is 4.31 Å². The highest BCUT2D eigenvalue weighted by Gasteiger charge is 2.25. The minimum Gasteiger partial charge on any atom is -0.456 e. The first-order valence-electron chi connectivity index (χ1n) is 10.7. The monoisotopic (exact) mass is 438 g/mol. The molecule has 0 bridgehead atoms. The van der Waals surface area contributed by atoms with Crippen molar-refractivity contribution in [3.8, 4) is 0 Å². The summed E-state index contributed by atoms with van der Waals surface area (Å²) in [5, 5.41) is 2.78. The zero-order chi connectivity index (χ0) is 22.1. The maximum absolute atomic E-state index is 12.8. The molecule has 30 heavy (non-hydrogen) atoms. The Morgan fingerprint density at radius 1 is 1.03 bits per heavy atom. The highest BCUT2D eigenvalue weighted by Crippen LogP contribution is 2.21. The molecule has 1 amide bonds. The number of benzene rings is 1. The van der Waals surface area contributed by atoms with Crippen LogP contribution in [0.25, 0.3) is 0 Å². The molecule has 1 aliphatic heterocycles. The average molecular weight is 439 g/mol. The average Bonchev–Trinajstić information content (AvgIpc) is 3.01. The topological polar surface area (TPSA) is 92.8 Å². The molecular weight excluding hydrogens is 404 g/mol. The van der Waals surface area contributed by atoms with E-state index in [0.717, 1.165) is 31.2 Å². The van der Waals surface area contributed by atoms with E-state index in [-0.39, 0.29) is 29.9 Å². The van der Waals surface area contributed by atoms with Crippen LogP contribution < -0.4 is 5.32 Å². The van der Waals surface area contributed by atoms with Gasteiger partial charge in [0.05, 0.1) is 4.90 Å². The van der Waals surface area contributed by atoms with Crippen LogP contribution in [-0.4, -0.2) is 50.3 Å². The van der Waals surface area contributed by atoms with E-state index >= 15 is 0 Å². The zero-order valence-electron chi connectivity index (χ0n) is 18.2. The van der Waals surface area contributed by atoms with Gasteiger partial charge in [-0.05, 0) is 49.8 Å². The van der Waals surface area contributed by atoms with Crippen LogP contribution in [-0.2, 0) is 30.8 Å². The van der Waals surface area contributed by atoms with Gasteiger partial charge in [-0.15, -0.1) is 0 Å². The van der Waals surface area contributed by atoms with Gasteiger partial charge in [0.1, 0.15) is 0 Å². The van der Waals surface area contributed by atoms with E-state index in [1.807, 2.05) is 20.8 Å². The second-order valence-corrected chi connectivity index (χ2v) is 10.2. The van der Waals surface area contributed by atoms with Crippen LogP contribution in [0.5, 0.6) is 0 Å². The Morgan fingerprint density at radius 2 is 1.63 bits per heavy atom. The zero-order valence-corrected chi connectivity index (χ0v) is 19.0. The van der Waals surface area contributed by atoms with Gasteiger partial charge in [0, 0.05) is 25.6 Å². The van der Waals surface area contributed by atoms with Crippen LogP contribution >= 0.6 is 0 Å². The van der Waals surface area contributed by atoms with E-state index in [2.05, 4.69) is 5.32 Å². The van der Waals surface area contributed by atoms with E-state index in [1.165, 1.54) is 0 Å². The fraction of sp³-hybridized carbons (Fsp3) is 0.636. The van der Waals surface area contributed by atoms with E-state index in [1.54, 1.807) is 28.6 Å². The third-order valence-corrected chi connectivity index (χ3v) is 7.41. The number of carbonyl (C=O) groups excluding carboxylic acids is 2. The van der Waals surface area contributed by atoms with E-state index < -0.39 is 16.0 Å². The summed E-state index contributed by atoms with van der Waals surface area (Å²) in [6.07, 6.45) is 4.48. The summed E-state index contributed by atoms with van der Waals surface area (Å²) in [5.74, 6) is -0.466. The van der Waals surface area contributed by atoms with Crippen molar-refractivity contribution in [3.63, 3.8) is 0 Å². The Hall–Kier alpha value is -1.93. The van der Waals surface area contributed by atoms with E-state index in [4.69, 9.17) is 4.74 Å². The standard InChI is InChI=1S/C22H34N2O5S/c1-17(2)18(3)23-21(25)16-29-22(26)13-10-19-8-11-20(12-9-19)30(27,28)24-14-6-4-5-7-15-24/h8-9,11-12,17-18H,4-7,10,13-16H2,1-3H3,(H,23,25)/t18-/m1/s1. The number of amides is 1. The number of hydrogen-bond donors (Lipinski definition) is 1. The van der Waals surface area contributed by atoms with Crippen molar-refractivity contribution in [2.24, 2.45) is 5.92 Å². The second-order valence-electron chi connectivity index (χ2n) is 8.22. The molecule has 1 aliphatic rings. The minimum atomic E-state index is -3.47. The lowest BCUT2D eigenvalue weighted by atomic mass is 10.1. The summed E-state index contributed by atoms with van der Waals surface area (Å²) in [7, 11) is -3.47. The van der Waals surface area contributed by atoms with Crippen LogP contribution in [0.2, 0.25) is 0 Å². The first kappa shape index (κ1) is 24.3. The summed E-state index contributed by atoms with van der Waals surface area (Å²) < 4.78 is 32.2. The molecule has 0 saturated carbocycles. The molecule has 1 fully saturated rings. The van der Waals surface area contributed by atoms with Crippen LogP contribution in [0, 0.1) is 5.92 Å². The fourth-order valence-corrected chi connectivity index (χ4v) is 4.70. The quantitative estimate of drug-likeness (QED) is 0.599. The molecule has 1 saturated heterocycles. The Kier molecular flexibility index (Phi) is 9.30. The maximum Gasteiger partial charge on any atom is 0.306 e. The van der Waals surface area contributed by atoms with Crippen molar-refractivity contribution < 1.29 is 22.7 Å². The van der Waals surface area contributed by atoms with E-state index in [9.17, 15) is 18.0 Å². The number of nitrogens with one attached hydrogen (secondary N) is 1. The molecule has 0 spiro atoms. The lowest BCUT2D eigenvalue weighted by Gasteiger charge is -2.20. The SMILES string of the molecule is CC(C)[C@@H](C)NC(=O)COC(=O)CCc1ccc(S(=O)(=O)N2CCCCCC2)cc1.